The summed E-state index contributed by atoms with van der Waals surface area (Å²) in [5.74, 6) is 2.14. The van der Waals surface area contributed by atoms with Crippen LogP contribution in [0.5, 0.6) is 5.75 Å². The fourth-order valence-electron chi connectivity index (χ4n) is 2.40. The minimum absolute atomic E-state index is 0. The van der Waals surface area contributed by atoms with E-state index >= 15 is 0 Å². The quantitative estimate of drug-likeness (QED) is 0.214. The standard InChI is InChI=1S/C19H28F3N3O2.HI/c1-14-4-7-16(17(10-14)27-12-15-5-6-15)11-25-18(23-2)24-8-3-9-26-13-19(20,21)22;/h4,7,10,15H,3,5-6,8-9,11-13H2,1-2H3,(H2,23,24,25);1H. The first kappa shape index (κ1) is 24.8. The van der Waals surface area contributed by atoms with Crippen molar-refractivity contribution in [1.82, 2.24) is 10.6 Å². The number of aryl methyl sites for hydroxylation is 1. The van der Waals surface area contributed by atoms with Gasteiger partial charge in [-0.2, -0.15) is 13.2 Å². The molecule has 2 rings (SSSR count). The van der Waals surface area contributed by atoms with Gasteiger partial charge in [-0.15, -0.1) is 24.0 Å². The fourth-order valence-corrected chi connectivity index (χ4v) is 2.40. The highest BCUT2D eigenvalue weighted by Crippen LogP contribution is 2.30. The predicted octanol–water partition coefficient (Wildman–Crippen LogP) is 4.04. The number of ether oxygens (including phenoxy) is 2. The zero-order valence-corrected chi connectivity index (χ0v) is 18.6. The summed E-state index contributed by atoms with van der Waals surface area (Å²) in [5.41, 5.74) is 2.18. The summed E-state index contributed by atoms with van der Waals surface area (Å²) in [7, 11) is 1.65. The Morgan fingerprint density at radius 3 is 2.64 bits per heavy atom. The van der Waals surface area contributed by atoms with Gasteiger partial charge >= 0.3 is 6.18 Å². The van der Waals surface area contributed by atoms with E-state index in [4.69, 9.17) is 4.74 Å². The number of nitrogens with zero attached hydrogens (tertiary/aromatic N) is 1. The third-order valence-electron chi connectivity index (χ3n) is 4.09. The van der Waals surface area contributed by atoms with Crippen molar-refractivity contribution >= 4 is 29.9 Å². The number of nitrogens with one attached hydrogen (secondary N) is 2. The van der Waals surface area contributed by atoms with E-state index < -0.39 is 12.8 Å². The molecule has 0 unspecified atom stereocenters. The van der Waals surface area contributed by atoms with Gasteiger partial charge < -0.3 is 20.1 Å². The summed E-state index contributed by atoms with van der Waals surface area (Å²) < 4.78 is 46.5. The fraction of sp³-hybridized carbons (Fsp3) is 0.632. The Morgan fingerprint density at radius 1 is 1.25 bits per heavy atom. The molecule has 0 bridgehead atoms. The Hall–Kier alpha value is -1.23. The lowest BCUT2D eigenvalue weighted by Crippen LogP contribution is -2.37. The SMILES string of the molecule is CN=C(NCCCOCC(F)(F)F)NCc1ccc(C)cc1OCC1CC1.I. The maximum atomic E-state index is 12.0. The van der Waals surface area contributed by atoms with Gasteiger partial charge in [0.1, 0.15) is 12.4 Å². The lowest BCUT2D eigenvalue weighted by Gasteiger charge is -2.15. The largest absolute Gasteiger partial charge is 0.493 e. The number of alkyl halides is 3. The molecule has 0 spiro atoms. The van der Waals surface area contributed by atoms with Gasteiger partial charge in [-0.3, -0.25) is 4.99 Å². The van der Waals surface area contributed by atoms with E-state index in [-0.39, 0.29) is 30.6 Å². The van der Waals surface area contributed by atoms with Crippen LogP contribution in [-0.2, 0) is 11.3 Å². The molecule has 9 heteroatoms. The van der Waals surface area contributed by atoms with E-state index in [0.717, 1.165) is 23.5 Å². The third kappa shape index (κ3) is 10.4. The van der Waals surface area contributed by atoms with Crippen LogP contribution in [0.2, 0.25) is 0 Å². The van der Waals surface area contributed by atoms with E-state index in [1.165, 1.54) is 12.8 Å². The van der Waals surface area contributed by atoms with Crippen molar-refractivity contribution in [3.63, 3.8) is 0 Å². The molecule has 5 nitrogen and oxygen atoms in total. The summed E-state index contributed by atoms with van der Waals surface area (Å²) in [6.45, 7) is 2.63. The Bertz CT molecular complexity index is 623. The Kier molecular flexibility index (Phi) is 10.9. The highest BCUT2D eigenvalue weighted by atomic mass is 127. The van der Waals surface area contributed by atoms with Crippen LogP contribution in [0, 0.1) is 12.8 Å². The van der Waals surface area contributed by atoms with Crippen molar-refractivity contribution in [2.75, 3.05) is 33.4 Å². The van der Waals surface area contributed by atoms with Crippen LogP contribution in [0.4, 0.5) is 13.2 Å². The number of aliphatic imine (C=N–C) groups is 1. The molecule has 0 heterocycles. The molecule has 1 aliphatic carbocycles. The first-order valence-corrected chi connectivity index (χ1v) is 9.18. The number of guanidine groups is 1. The molecule has 1 saturated carbocycles. The third-order valence-corrected chi connectivity index (χ3v) is 4.09. The second-order valence-electron chi connectivity index (χ2n) is 6.74. The van der Waals surface area contributed by atoms with Crippen LogP contribution in [0.15, 0.2) is 23.2 Å². The Balaban J connectivity index is 0.00000392. The van der Waals surface area contributed by atoms with Crippen LogP contribution < -0.4 is 15.4 Å². The topological polar surface area (TPSA) is 54.9 Å². The van der Waals surface area contributed by atoms with Gasteiger partial charge in [0.05, 0.1) is 6.61 Å². The van der Waals surface area contributed by atoms with Crippen LogP contribution in [0.3, 0.4) is 0 Å². The molecule has 28 heavy (non-hydrogen) atoms. The second-order valence-corrected chi connectivity index (χ2v) is 6.74. The van der Waals surface area contributed by atoms with E-state index in [1.807, 2.05) is 25.1 Å². The van der Waals surface area contributed by atoms with Crippen molar-refractivity contribution in [1.29, 1.82) is 0 Å². The zero-order valence-electron chi connectivity index (χ0n) is 16.3. The molecule has 0 atom stereocenters. The molecule has 0 aliphatic heterocycles. The monoisotopic (exact) mass is 515 g/mol. The summed E-state index contributed by atoms with van der Waals surface area (Å²) >= 11 is 0. The summed E-state index contributed by atoms with van der Waals surface area (Å²) in [4.78, 5) is 4.12. The predicted molar refractivity (Wildman–Crippen MR) is 115 cm³/mol. The number of hydrogen-bond acceptors (Lipinski definition) is 3. The number of hydrogen-bond donors (Lipinski definition) is 2. The van der Waals surface area contributed by atoms with Gasteiger partial charge in [-0.25, -0.2) is 0 Å². The van der Waals surface area contributed by atoms with Crippen molar-refractivity contribution in [2.45, 2.75) is 38.9 Å². The van der Waals surface area contributed by atoms with Crippen molar-refractivity contribution in [2.24, 2.45) is 10.9 Å². The molecule has 1 aliphatic rings. The molecule has 160 valence electrons. The average Bonchev–Trinajstić information content (AvgIpc) is 3.43. The molecular weight excluding hydrogens is 486 g/mol. The lowest BCUT2D eigenvalue weighted by molar-refractivity contribution is -0.173. The van der Waals surface area contributed by atoms with E-state index in [0.29, 0.717) is 31.4 Å². The summed E-state index contributed by atoms with van der Waals surface area (Å²) in [6.07, 6.45) is -1.35. The van der Waals surface area contributed by atoms with Gasteiger partial charge in [0, 0.05) is 32.3 Å². The van der Waals surface area contributed by atoms with Crippen LogP contribution in [-0.4, -0.2) is 45.5 Å². The summed E-state index contributed by atoms with van der Waals surface area (Å²) in [5, 5.41) is 6.27. The number of rotatable bonds is 10. The number of halogens is 4. The first-order chi connectivity index (χ1) is 12.9. The molecule has 0 saturated heterocycles. The maximum Gasteiger partial charge on any atom is 0.411 e. The maximum absolute atomic E-state index is 12.0. The molecule has 2 N–H and O–H groups in total. The van der Waals surface area contributed by atoms with Crippen LogP contribution in [0.25, 0.3) is 0 Å². The zero-order chi connectivity index (χ0) is 19.7. The van der Waals surface area contributed by atoms with Gasteiger partial charge in [-0.1, -0.05) is 12.1 Å². The van der Waals surface area contributed by atoms with Gasteiger partial charge in [-0.05, 0) is 43.7 Å². The molecule has 1 fully saturated rings. The van der Waals surface area contributed by atoms with Crippen molar-refractivity contribution in [3.8, 4) is 5.75 Å². The van der Waals surface area contributed by atoms with Gasteiger partial charge in [0.25, 0.3) is 0 Å². The molecule has 0 aromatic heterocycles. The van der Waals surface area contributed by atoms with Crippen molar-refractivity contribution in [3.05, 3.63) is 29.3 Å². The average molecular weight is 515 g/mol. The highest BCUT2D eigenvalue weighted by molar-refractivity contribution is 14.0. The van der Waals surface area contributed by atoms with Crippen LogP contribution in [0.1, 0.15) is 30.4 Å². The first-order valence-electron chi connectivity index (χ1n) is 9.18. The molecule has 1 aromatic carbocycles. The van der Waals surface area contributed by atoms with E-state index in [1.54, 1.807) is 7.05 Å². The van der Waals surface area contributed by atoms with Gasteiger partial charge in [0.15, 0.2) is 5.96 Å². The van der Waals surface area contributed by atoms with E-state index in [9.17, 15) is 13.2 Å². The second kappa shape index (κ2) is 12.4. The molecule has 0 amide bonds. The van der Waals surface area contributed by atoms with E-state index in [2.05, 4.69) is 20.4 Å². The van der Waals surface area contributed by atoms with Gasteiger partial charge in [0.2, 0.25) is 0 Å². The smallest absolute Gasteiger partial charge is 0.411 e. The lowest BCUT2D eigenvalue weighted by atomic mass is 10.1. The van der Waals surface area contributed by atoms with Crippen molar-refractivity contribution < 1.29 is 22.6 Å². The minimum atomic E-state index is -4.28. The summed E-state index contributed by atoms with van der Waals surface area (Å²) in [6, 6.07) is 6.10. The molecular formula is C19H29F3IN3O2. The van der Waals surface area contributed by atoms with Crippen LogP contribution >= 0.6 is 24.0 Å². The molecule has 0 radical (unpaired) electrons. The Morgan fingerprint density at radius 2 is 2.00 bits per heavy atom. The number of benzene rings is 1. The highest BCUT2D eigenvalue weighted by Gasteiger charge is 2.27. The normalized spacial score (nSPS) is 14.4. The Labute approximate surface area is 181 Å². The minimum Gasteiger partial charge on any atom is -0.493 e. The molecule has 1 aromatic rings.